The number of nitrogens with two attached hydrogens (primary N) is 1. The third-order valence-corrected chi connectivity index (χ3v) is 2.58. The van der Waals surface area contributed by atoms with Gasteiger partial charge in [-0.25, -0.2) is 0 Å². The highest BCUT2D eigenvalue weighted by atomic mass is 16.5. The lowest BCUT2D eigenvalue weighted by Gasteiger charge is -2.05. The molecule has 0 spiro atoms. The fourth-order valence-corrected chi connectivity index (χ4v) is 1.53. The van der Waals surface area contributed by atoms with Gasteiger partial charge in [0.05, 0.1) is 6.61 Å². The third kappa shape index (κ3) is 2.62. The first-order valence-electron chi connectivity index (χ1n) is 5.66. The number of hydrogen-bond donors (Lipinski definition) is 1. The van der Waals surface area contributed by atoms with Gasteiger partial charge in [0.2, 0.25) is 0 Å². The van der Waals surface area contributed by atoms with Gasteiger partial charge in [0.15, 0.2) is 5.76 Å². The molecule has 0 saturated carbocycles. The van der Waals surface area contributed by atoms with Crippen molar-refractivity contribution >= 4 is 5.69 Å². The van der Waals surface area contributed by atoms with Gasteiger partial charge in [-0.15, -0.1) is 0 Å². The minimum absolute atomic E-state index is 0.527. The van der Waals surface area contributed by atoms with E-state index in [9.17, 15) is 0 Å². The van der Waals surface area contributed by atoms with Crippen LogP contribution in [0, 0.1) is 6.92 Å². The van der Waals surface area contributed by atoms with Crippen molar-refractivity contribution < 1.29 is 14.0 Å². The number of aromatic nitrogens is 1. The van der Waals surface area contributed by atoms with Gasteiger partial charge in [-0.05, 0) is 31.2 Å². The fourth-order valence-electron chi connectivity index (χ4n) is 1.53. The molecule has 0 amide bonds. The van der Waals surface area contributed by atoms with Crippen LogP contribution in [0.1, 0.15) is 5.69 Å². The van der Waals surface area contributed by atoms with Crippen molar-refractivity contribution in [2.75, 3.05) is 26.1 Å². The van der Waals surface area contributed by atoms with Gasteiger partial charge in [0, 0.05) is 12.7 Å². The fraction of sp³-hybridized carbons (Fsp3) is 0.308. The van der Waals surface area contributed by atoms with Crippen LogP contribution in [0.5, 0.6) is 5.75 Å². The summed E-state index contributed by atoms with van der Waals surface area (Å²) < 4.78 is 15.6. The summed E-state index contributed by atoms with van der Waals surface area (Å²) in [6.07, 6.45) is 0. The Morgan fingerprint density at radius 1 is 1.22 bits per heavy atom. The molecule has 5 heteroatoms. The van der Waals surface area contributed by atoms with E-state index in [1.54, 1.807) is 7.11 Å². The molecule has 18 heavy (non-hydrogen) atoms. The average molecular weight is 248 g/mol. The van der Waals surface area contributed by atoms with Crippen LogP contribution in [0.2, 0.25) is 0 Å². The van der Waals surface area contributed by atoms with E-state index < -0.39 is 0 Å². The summed E-state index contributed by atoms with van der Waals surface area (Å²) in [5.41, 5.74) is 8.02. The summed E-state index contributed by atoms with van der Waals surface area (Å²) in [7, 11) is 1.64. The molecule has 0 aliphatic heterocycles. The first-order chi connectivity index (χ1) is 8.72. The predicted octanol–water partition coefficient (Wildman–Crippen LogP) is 2.26. The highest BCUT2D eigenvalue weighted by Gasteiger charge is 2.11. The van der Waals surface area contributed by atoms with Crippen molar-refractivity contribution in [3.05, 3.63) is 30.0 Å². The van der Waals surface area contributed by atoms with E-state index in [4.69, 9.17) is 19.7 Å². The molecule has 96 valence electrons. The maximum absolute atomic E-state index is 5.87. The van der Waals surface area contributed by atoms with Crippen LogP contribution >= 0.6 is 0 Å². The van der Waals surface area contributed by atoms with Crippen LogP contribution in [-0.4, -0.2) is 25.5 Å². The summed E-state index contributed by atoms with van der Waals surface area (Å²) >= 11 is 0. The van der Waals surface area contributed by atoms with Gasteiger partial charge < -0.3 is 19.7 Å². The van der Waals surface area contributed by atoms with E-state index in [1.165, 1.54) is 0 Å². The molecule has 0 radical (unpaired) electrons. The largest absolute Gasteiger partial charge is 0.491 e. The van der Waals surface area contributed by atoms with E-state index in [0.717, 1.165) is 11.3 Å². The van der Waals surface area contributed by atoms with E-state index in [2.05, 4.69) is 5.16 Å². The Labute approximate surface area is 105 Å². The number of aryl methyl sites for hydroxylation is 1. The minimum atomic E-state index is 0.527. The third-order valence-electron chi connectivity index (χ3n) is 2.58. The van der Waals surface area contributed by atoms with E-state index in [-0.39, 0.29) is 0 Å². The molecule has 2 N–H and O–H groups in total. The van der Waals surface area contributed by atoms with Gasteiger partial charge in [-0.1, -0.05) is 5.16 Å². The summed E-state index contributed by atoms with van der Waals surface area (Å²) in [6, 6.07) is 7.50. The minimum Gasteiger partial charge on any atom is -0.491 e. The Bertz CT molecular complexity index is 505. The first kappa shape index (κ1) is 12.4. The predicted molar refractivity (Wildman–Crippen MR) is 68.5 cm³/mol. The second-order valence-electron chi connectivity index (χ2n) is 3.88. The molecule has 0 unspecified atom stereocenters. The molecule has 2 aromatic rings. The number of methoxy groups -OCH3 is 1. The van der Waals surface area contributed by atoms with Crippen LogP contribution < -0.4 is 10.5 Å². The van der Waals surface area contributed by atoms with Crippen LogP contribution in [0.15, 0.2) is 28.8 Å². The van der Waals surface area contributed by atoms with Gasteiger partial charge in [0.1, 0.15) is 23.7 Å². The molecule has 0 aliphatic carbocycles. The molecule has 0 fully saturated rings. The molecular formula is C13H16N2O3. The second-order valence-corrected chi connectivity index (χ2v) is 3.88. The summed E-state index contributed by atoms with van der Waals surface area (Å²) in [6.45, 7) is 2.90. The zero-order chi connectivity index (χ0) is 13.0. The standard InChI is InChI=1S/C13H16N2O3/c1-9-12(14)13(18-15-9)10-3-5-11(6-4-10)17-8-7-16-2/h3-6H,7-8,14H2,1-2H3. The van der Waals surface area contributed by atoms with Crippen LogP contribution in [0.25, 0.3) is 11.3 Å². The molecule has 5 nitrogen and oxygen atoms in total. The van der Waals surface area contributed by atoms with Crippen molar-refractivity contribution in [2.45, 2.75) is 6.92 Å². The Hall–Kier alpha value is -2.01. The molecular weight excluding hydrogens is 232 g/mol. The lowest BCUT2D eigenvalue weighted by molar-refractivity contribution is 0.146. The van der Waals surface area contributed by atoms with Crippen molar-refractivity contribution in [2.24, 2.45) is 0 Å². The van der Waals surface area contributed by atoms with Crippen LogP contribution in [0.4, 0.5) is 5.69 Å². The van der Waals surface area contributed by atoms with E-state index in [1.807, 2.05) is 31.2 Å². The smallest absolute Gasteiger partial charge is 0.189 e. The molecule has 0 bridgehead atoms. The zero-order valence-electron chi connectivity index (χ0n) is 10.5. The van der Waals surface area contributed by atoms with Crippen molar-refractivity contribution in [1.29, 1.82) is 0 Å². The Balaban J connectivity index is 2.10. The molecule has 2 rings (SSSR count). The maximum atomic E-state index is 5.87. The number of nitrogen functional groups attached to an aromatic ring is 1. The Morgan fingerprint density at radius 3 is 2.50 bits per heavy atom. The van der Waals surface area contributed by atoms with Gasteiger partial charge in [-0.2, -0.15) is 0 Å². The normalized spacial score (nSPS) is 10.6. The molecule has 1 aromatic carbocycles. The Morgan fingerprint density at radius 2 is 1.94 bits per heavy atom. The monoisotopic (exact) mass is 248 g/mol. The second kappa shape index (κ2) is 5.55. The highest BCUT2D eigenvalue weighted by Crippen LogP contribution is 2.29. The molecule has 0 saturated heterocycles. The van der Waals surface area contributed by atoms with Gasteiger partial charge >= 0.3 is 0 Å². The SMILES string of the molecule is COCCOc1ccc(-c2onc(C)c2N)cc1. The van der Waals surface area contributed by atoms with Gasteiger partial charge in [-0.3, -0.25) is 0 Å². The highest BCUT2D eigenvalue weighted by molar-refractivity contribution is 5.72. The zero-order valence-corrected chi connectivity index (χ0v) is 10.5. The maximum Gasteiger partial charge on any atom is 0.189 e. The lowest BCUT2D eigenvalue weighted by atomic mass is 10.1. The summed E-state index contributed by atoms with van der Waals surface area (Å²) in [4.78, 5) is 0. The van der Waals surface area contributed by atoms with Crippen LogP contribution in [-0.2, 0) is 4.74 Å². The number of benzene rings is 1. The van der Waals surface area contributed by atoms with E-state index >= 15 is 0 Å². The number of nitrogens with zero attached hydrogens (tertiary/aromatic N) is 1. The first-order valence-corrected chi connectivity index (χ1v) is 5.66. The average Bonchev–Trinajstić information content (AvgIpc) is 2.72. The Kier molecular flexibility index (Phi) is 3.84. The van der Waals surface area contributed by atoms with Gasteiger partial charge in [0.25, 0.3) is 0 Å². The van der Waals surface area contributed by atoms with E-state index in [0.29, 0.717) is 30.4 Å². The molecule has 1 aromatic heterocycles. The number of ether oxygens (including phenoxy) is 2. The topological polar surface area (TPSA) is 70.5 Å². The summed E-state index contributed by atoms with van der Waals surface area (Å²) in [5, 5.41) is 3.83. The van der Waals surface area contributed by atoms with Crippen molar-refractivity contribution in [1.82, 2.24) is 5.16 Å². The van der Waals surface area contributed by atoms with Crippen LogP contribution in [0.3, 0.4) is 0 Å². The lowest BCUT2D eigenvalue weighted by Crippen LogP contribution is -2.03. The van der Waals surface area contributed by atoms with Crippen molar-refractivity contribution in [3.63, 3.8) is 0 Å². The number of anilines is 1. The van der Waals surface area contributed by atoms with Crippen molar-refractivity contribution in [3.8, 4) is 17.1 Å². The quantitative estimate of drug-likeness (QED) is 0.822. The number of hydrogen-bond acceptors (Lipinski definition) is 5. The molecule has 1 heterocycles. The number of rotatable bonds is 5. The summed E-state index contributed by atoms with van der Waals surface area (Å²) in [5.74, 6) is 1.38. The molecule has 0 atom stereocenters. The molecule has 0 aliphatic rings.